The van der Waals surface area contributed by atoms with Crippen LogP contribution >= 0.6 is 0 Å². The van der Waals surface area contributed by atoms with Crippen molar-refractivity contribution in [3.63, 3.8) is 0 Å². The zero-order chi connectivity index (χ0) is 12.6. The molecule has 3 N–H and O–H groups in total. The number of benzene rings is 1. The number of nitrogens with two attached hydrogens (primary N) is 1. The minimum atomic E-state index is -1.11. The van der Waals surface area contributed by atoms with Gasteiger partial charge in [0.05, 0.1) is 29.9 Å². The highest BCUT2D eigenvalue weighted by Gasteiger charge is 2.30. The van der Waals surface area contributed by atoms with E-state index in [4.69, 9.17) is 10.8 Å². The quantitative estimate of drug-likeness (QED) is 0.565. The van der Waals surface area contributed by atoms with Gasteiger partial charge >= 0.3 is 5.97 Å². The maximum Gasteiger partial charge on any atom is 0.335 e. The Balaban J connectivity index is 2.44. The average Bonchev–Trinajstić information content (AvgIpc) is 2.58. The fourth-order valence-corrected chi connectivity index (χ4v) is 1.71. The standard InChI is InChI=1S/C11H10N2O4/c12-8-2-1-6(11(16)17)3-9(8)13-5-7(14)4-10(13)15/h1-3H,4-5,12H2,(H,16,17). The smallest absolute Gasteiger partial charge is 0.335 e. The molecule has 6 nitrogen and oxygen atoms in total. The van der Waals surface area contributed by atoms with Crippen LogP contribution in [-0.4, -0.2) is 29.3 Å². The fraction of sp³-hybridized carbons (Fsp3) is 0.182. The number of hydrogen-bond donors (Lipinski definition) is 2. The first-order chi connectivity index (χ1) is 7.99. The van der Waals surface area contributed by atoms with Crippen molar-refractivity contribution in [2.24, 2.45) is 0 Å². The highest BCUT2D eigenvalue weighted by molar-refractivity contribution is 6.16. The zero-order valence-electron chi connectivity index (χ0n) is 8.84. The molecule has 0 unspecified atom stereocenters. The van der Waals surface area contributed by atoms with Gasteiger partial charge < -0.3 is 15.7 Å². The van der Waals surface area contributed by atoms with Crippen molar-refractivity contribution in [1.82, 2.24) is 0 Å². The molecule has 1 heterocycles. The summed E-state index contributed by atoms with van der Waals surface area (Å²) >= 11 is 0. The number of ketones is 1. The molecule has 1 aromatic carbocycles. The number of carboxylic acid groups (broad SMARTS) is 1. The van der Waals surface area contributed by atoms with Crippen molar-refractivity contribution >= 4 is 29.0 Å². The van der Waals surface area contributed by atoms with Gasteiger partial charge in [-0.05, 0) is 18.2 Å². The Kier molecular flexibility index (Phi) is 2.55. The Morgan fingerprint density at radius 1 is 1.35 bits per heavy atom. The number of anilines is 2. The van der Waals surface area contributed by atoms with Crippen LogP contribution in [0.5, 0.6) is 0 Å². The molecule has 1 fully saturated rings. The predicted molar refractivity (Wildman–Crippen MR) is 59.8 cm³/mol. The highest BCUT2D eigenvalue weighted by atomic mass is 16.4. The van der Waals surface area contributed by atoms with E-state index in [0.29, 0.717) is 0 Å². The second-order valence-electron chi connectivity index (χ2n) is 3.77. The number of Topliss-reactive ketones (excluding diaryl/α,β-unsaturated/α-hetero) is 1. The predicted octanol–water partition coefficient (Wildman–Crippen LogP) is 0.273. The van der Waals surface area contributed by atoms with Gasteiger partial charge in [-0.25, -0.2) is 4.79 Å². The van der Waals surface area contributed by atoms with Gasteiger partial charge in [0.1, 0.15) is 0 Å². The summed E-state index contributed by atoms with van der Waals surface area (Å²) in [5.74, 6) is -1.66. The van der Waals surface area contributed by atoms with Crippen LogP contribution in [0.15, 0.2) is 18.2 Å². The highest BCUT2D eigenvalue weighted by Crippen LogP contribution is 2.27. The summed E-state index contributed by atoms with van der Waals surface area (Å²) in [6.07, 6.45) is -0.156. The Labute approximate surface area is 96.6 Å². The minimum absolute atomic E-state index is 0.0290. The molecule has 0 radical (unpaired) electrons. The van der Waals surface area contributed by atoms with Gasteiger partial charge in [-0.3, -0.25) is 9.59 Å². The van der Waals surface area contributed by atoms with Crippen molar-refractivity contribution in [2.75, 3.05) is 17.2 Å². The molecule has 1 aromatic rings. The van der Waals surface area contributed by atoms with Crippen LogP contribution in [0, 0.1) is 0 Å². The summed E-state index contributed by atoms with van der Waals surface area (Å²) in [6, 6.07) is 4.06. The normalized spacial score (nSPS) is 15.4. The number of hydrogen-bond acceptors (Lipinski definition) is 4. The van der Waals surface area contributed by atoms with Gasteiger partial charge in [-0.15, -0.1) is 0 Å². The van der Waals surface area contributed by atoms with E-state index in [1.54, 1.807) is 0 Å². The van der Waals surface area contributed by atoms with E-state index in [9.17, 15) is 14.4 Å². The Morgan fingerprint density at radius 2 is 2.06 bits per heavy atom. The molecule has 17 heavy (non-hydrogen) atoms. The first kappa shape index (κ1) is 11.1. The molecule has 1 aliphatic heterocycles. The van der Waals surface area contributed by atoms with Crippen LogP contribution in [-0.2, 0) is 9.59 Å². The number of rotatable bonds is 2. The lowest BCUT2D eigenvalue weighted by Crippen LogP contribution is -2.25. The maximum absolute atomic E-state index is 11.5. The van der Waals surface area contributed by atoms with E-state index in [2.05, 4.69) is 0 Å². The van der Waals surface area contributed by atoms with Crippen LogP contribution in [0.25, 0.3) is 0 Å². The molecule has 2 rings (SSSR count). The Bertz CT molecular complexity index is 524. The molecule has 0 bridgehead atoms. The van der Waals surface area contributed by atoms with E-state index in [1.165, 1.54) is 23.1 Å². The van der Waals surface area contributed by atoms with Crippen molar-refractivity contribution in [1.29, 1.82) is 0 Å². The lowest BCUT2D eigenvalue weighted by atomic mass is 10.1. The average molecular weight is 234 g/mol. The molecule has 0 spiro atoms. The van der Waals surface area contributed by atoms with E-state index in [-0.39, 0.29) is 41.6 Å². The largest absolute Gasteiger partial charge is 0.478 e. The van der Waals surface area contributed by atoms with Crippen LogP contribution in [0.3, 0.4) is 0 Å². The van der Waals surface area contributed by atoms with E-state index >= 15 is 0 Å². The zero-order valence-corrected chi connectivity index (χ0v) is 8.84. The summed E-state index contributed by atoms with van der Waals surface area (Å²) in [5, 5.41) is 8.85. The third-order valence-corrected chi connectivity index (χ3v) is 2.55. The Morgan fingerprint density at radius 3 is 2.59 bits per heavy atom. The van der Waals surface area contributed by atoms with Crippen LogP contribution < -0.4 is 10.6 Å². The van der Waals surface area contributed by atoms with Crippen LogP contribution in [0.4, 0.5) is 11.4 Å². The van der Waals surface area contributed by atoms with Gasteiger partial charge in [0, 0.05) is 0 Å². The second kappa shape index (κ2) is 3.89. The summed E-state index contributed by atoms with van der Waals surface area (Å²) in [7, 11) is 0. The number of nitrogens with zero attached hydrogens (tertiary/aromatic N) is 1. The third-order valence-electron chi connectivity index (χ3n) is 2.55. The van der Waals surface area contributed by atoms with Crippen molar-refractivity contribution in [3.05, 3.63) is 23.8 Å². The van der Waals surface area contributed by atoms with Crippen molar-refractivity contribution in [2.45, 2.75) is 6.42 Å². The minimum Gasteiger partial charge on any atom is -0.478 e. The molecule has 1 aliphatic rings. The fourth-order valence-electron chi connectivity index (χ4n) is 1.71. The lowest BCUT2D eigenvalue weighted by Gasteiger charge is -2.17. The first-order valence-electron chi connectivity index (χ1n) is 4.94. The molecule has 6 heteroatoms. The summed E-state index contributed by atoms with van der Waals surface area (Å²) in [5.41, 5.74) is 6.26. The number of amides is 1. The molecular weight excluding hydrogens is 224 g/mol. The molecule has 0 atom stereocenters. The number of carbonyl (C=O) groups is 3. The molecule has 88 valence electrons. The SMILES string of the molecule is Nc1ccc(C(=O)O)cc1N1CC(=O)CC1=O. The number of carboxylic acids is 1. The maximum atomic E-state index is 11.5. The molecule has 0 saturated carbocycles. The summed E-state index contributed by atoms with van der Waals surface area (Å²) < 4.78 is 0. The molecular formula is C11H10N2O4. The second-order valence-corrected chi connectivity index (χ2v) is 3.77. The number of aromatic carboxylic acids is 1. The third kappa shape index (κ3) is 1.96. The lowest BCUT2D eigenvalue weighted by molar-refractivity contribution is -0.121. The summed E-state index contributed by atoms with van der Waals surface area (Å²) in [4.78, 5) is 34.7. The van der Waals surface area contributed by atoms with Crippen LogP contribution in [0.1, 0.15) is 16.8 Å². The van der Waals surface area contributed by atoms with Crippen molar-refractivity contribution < 1.29 is 19.5 Å². The van der Waals surface area contributed by atoms with Crippen molar-refractivity contribution in [3.8, 4) is 0 Å². The van der Waals surface area contributed by atoms with E-state index in [0.717, 1.165) is 0 Å². The molecule has 1 amide bonds. The van der Waals surface area contributed by atoms with Gasteiger partial charge in [-0.1, -0.05) is 0 Å². The van der Waals surface area contributed by atoms with Gasteiger partial charge in [-0.2, -0.15) is 0 Å². The van der Waals surface area contributed by atoms with E-state index in [1.807, 2.05) is 0 Å². The summed E-state index contributed by atoms with van der Waals surface area (Å²) in [6.45, 7) is -0.0495. The molecule has 0 aromatic heterocycles. The first-order valence-corrected chi connectivity index (χ1v) is 4.94. The van der Waals surface area contributed by atoms with Gasteiger partial charge in [0.25, 0.3) is 0 Å². The van der Waals surface area contributed by atoms with E-state index < -0.39 is 5.97 Å². The number of carbonyl (C=O) groups excluding carboxylic acids is 2. The molecule has 0 aliphatic carbocycles. The monoisotopic (exact) mass is 234 g/mol. The Hall–Kier alpha value is -2.37. The van der Waals surface area contributed by atoms with Crippen LogP contribution in [0.2, 0.25) is 0 Å². The molecule has 1 saturated heterocycles. The number of nitrogen functional groups attached to an aromatic ring is 1. The van der Waals surface area contributed by atoms with Gasteiger partial charge in [0.15, 0.2) is 5.78 Å². The topological polar surface area (TPSA) is 101 Å². The van der Waals surface area contributed by atoms with Gasteiger partial charge in [0.2, 0.25) is 5.91 Å².